The van der Waals surface area contributed by atoms with E-state index in [0.717, 1.165) is 18.4 Å². The van der Waals surface area contributed by atoms with Crippen LogP contribution in [0.3, 0.4) is 0 Å². The summed E-state index contributed by atoms with van der Waals surface area (Å²) in [5, 5.41) is 2.80. The van der Waals surface area contributed by atoms with Gasteiger partial charge in [0.2, 0.25) is 5.91 Å². The second-order valence-electron chi connectivity index (χ2n) is 4.72. The van der Waals surface area contributed by atoms with E-state index in [-0.39, 0.29) is 11.8 Å². The van der Waals surface area contributed by atoms with Gasteiger partial charge in [0.15, 0.2) is 0 Å². The first-order valence-electron chi connectivity index (χ1n) is 6.49. The molecule has 1 amide bonds. The Bertz CT molecular complexity index is 468. The van der Waals surface area contributed by atoms with E-state index in [1.165, 1.54) is 7.11 Å². The standard InChI is InChI=1S/C15H21NO3/c1-5-6-11(3)14(17)16-13-8-7-10(2)9-12(13)15(18)19-4/h7-9,11H,5-6H2,1-4H3,(H,16,17). The van der Waals surface area contributed by atoms with Gasteiger partial charge in [-0.15, -0.1) is 0 Å². The Labute approximate surface area is 114 Å². The van der Waals surface area contributed by atoms with E-state index in [9.17, 15) is 9.59 Å². The Morgan fingerprint density at radius 1 is 1.37 bits per heavy atom. The Hall–Kier alpha value is -1.84. The topological polar surface area (TPSA) is 55.4 Å². The van der Waals surface area contributed by atoms with Crippen LogP contribution in [-0.4, -0.2) is 19.0 Å². The molecule has 0 aromatic heterocycles. The third-order valence-corrected chi connectivity index (χ3v) is 3.01. The zero-order chi connectivity index (χ0) is 14.4. The molecule has 0 radical (unpaired) electrons. The lowest BCUT2D eigenvalue weighted by Gasteiger charge is -2.14. The number of benzene rings is 1. The maximum absolute atomic E-state index is 12.0. The minimum absolute atomic E-state index is 0.0724. The average Bonchev–Trinajstić information content (AvgIpc) is 2.40. The summed E-state index contributed by atoms with van der Waals surface area (Å²) in [6.45, 7) is 5.80. The van der Waals surface area contributed by atoms with E-state index in [1.807, 2.05) is 26.8 Å². The van der Waals surface area contributed by atoms with E-state index < -0.39 is 5.97 Å². The van der Waals surface area contributed by atoms with Crippen LogP contribution in [0.15, 0.2) is 18.2 Å². The lowest BCUT2D eigenvalue weighted by Crippen LogP contribution is -2.22. The van der Waals surface area contributed by atoms with E-state index in [4.69, 9.17) is 4.74 Å². The van der Waals surface area contributed by atoms with Crippen molar-refractivity contribution in [2.75, 3.05) is 12.4 Å². The second kappa shape index (κ2) is 6.92. The zero-order valence-electron chi connectivity index (χ0n) is 11.9. The van der Waals surface area contributed by atoms with Gasteiger partial charge in [-0.2, -0.15) is 0 Å². The van der Waals surface area contributed by atoms with Gasteiger partial charge >= 0.3 is 5.97 Å². The Morgan fingerprint density at radius 3 is 2.63 bits per heavy atom. The van der Waals surface area contributed by atoms with Crippen LogP contribution in [-0.2, 0) is 9.53 Å². The Morgan fingerprint density at radius 2 is 2.05 bits per heavy atom. The fourth-order valence-corrected chi connectivity index (χ4v) is 1.87. The maximum Gasteiger partial charge on any atom is 0.339 e. The molecule has 1 aromatic rings. The zero-order valence-corrected chi connectivity index (χ0v) is 11.9. The van der Waals surface area contributed by atoms with Gasteiger partial charge < -0.3 is 10.1 Å². The highest BCUT2D eigenvalue weighted by Gasteiger charge is 2.17. The summed E-state index contributed by atoms with van der Waals surface area (Å²) in [6.07, 6.45) is 1.78. The van der Waals surface area contributed by atoms with Crippen molar-refractivity contribution in [3.63, 3.8) is 0 Å². The van der Waals surface area contributed by atoms with Gasteiger partial charge in [0, 0.05) is 5.92 Å². The van der Waals surface area contributed by atoms with E-state index in [0.29, 0.717) is 11.3 Å². The lowest BCUT2D eigenvalue weighted by molar-refractivity contribution is -0.119. The highest BCUT2D eigenvalue weighted by Crippen LogP contribution is 2.20. The number of carbonyl (C=O) groups is 2. The first-order valence-corrected chi connectivity index (χ1v) is 6.49. The molecule has 1 unspecified atom stereocenters. The Balaban J connectivity index is 2.94. The van der Waals surface area contributed by atoms with Crippen LogP contribution in [0, 0.1) is 12.8 Å². The van der Waals surface area contributed by atoms with Gasteiger partial charge in [-0.1, -0.05) is 31.9 Å². The Kier molecular flexibility index (Phi) is 5.55. The first kappa shape index (κ1) is 15.2. The largest absolute Gasteiger partial charge is 0.465 e. The van der Waals surface area contributed by atoms with E-state index in [1.54, 1.807) is 12.1 Å². The number of esters is 1. The molecule has 0 aliphatic heterocycles. The summed E-state index contributed by atoms with van der Waals surface area (Å²) in [4.78, 5) is 23.7. The molecule has 1 atom stereocenters. The van der Waals surface area contributed by atoms with Gasteiger partial charge in [-0.3, -0.25) is 4.79 Å². The van der Waals surface area contributed by atoms with Crippen molar-refractivity contribution in [2.24, 2.45) is 5.92 Å². The molecule has 0 aliphatic rings. The average molecular weight is 263 g/mol. The van der Waals surface area contributed by atoms with Gasteiger partial charge in [0.05, 0.1) is 18.4 Å². The van der Waals surface area contributed by atoms with Gasteiger partial charge in [-0.25, -0.2) is 4.79 Å². The van der Waals surface area contributed by atoms with Crippen molar-refractivity contribution in [2.45, 2.75) is 33.6 Å². The number of rotatable bonds is 5. The summed E-state index contributed by atoms with van der Waals surface area (Å²) in [7, 11) is 1.33. The van der Waals surface area contributed by atoms with Crippen LogP contribution in [0.4, 0.5) is 5.69 Å². The summed E-state index contributed by atoms with van der Waals surface area (Å²) in [5.41, 5.74) is 1.84. The van der Waals surface area contributed by atoms with E-state index >= 15 is 0 Å². The van der Waals surface area contributed by atoms with Crippen molar-refractivity contribution in [1.29, 1.82) is 0 Å². The molecule has 0 heterocycles. The molecule has 19 heavy (non-hydrogen) atoms. The van der Waals surface area contributed by atoms with Gasteiger partial charge in [0.1, 0.15) is 0 Å². The van der Waals surface area contributed by atoms with Crippen LogP contribution >= 0.6 is 0 Å². The molecule has 0 saturated heterocycles. The van der Waals surface area contributed by atoms with Crippen molar-refractivity contribution >= 4 is 17.6 Å². The van der Waals surface area contributed by atoms with Crippen molar-refractivity contribution < 1.29 is 14.3 Å². The predicted molar refractivity (Wildman–Crippen MR) is 75.2 cm³/mol. The third kappa shape index (κ3) is 4.09. The first-order chi connectivity index (χ1) is 8.99. The van der Waals surface area contributed by atoms with Crippen LogP contribution in [0.25, 0.3) is 0 Å². The van der Waals surface area contributed by atoms with Crippen LogP contribution in [0.2, 0.25) is 0 Å². The molecule has 1 rings (SSSR count). The quantitative estimate of drug-likeness (QED) is 0.830. The fraction of sp³-hybridized carbons (Fsp3) is 0.467. The van der Waals surface area contributed by atoms with Crippen molar-refractivity contribution in [3.05, 3.63) is 29.3 Å². The number of ether oxygens (including phenoxy) is 1. The molecule has 4 heteroatoms. The van der Waals surface area contributed by atoms with Crippen LogP contribution in [0.5, 0.6) is 0 Å². The number of aryl methyl sites for hydroxylation is 1. The molecular formula is C15H21NO3. The van der Waals surface area contributed by atoms with Gasteiger partial charge in [0.25, 0.3) is 0 Å². The molecule has 1 N–H and O–H groups in total. The molecule has 0 fully saturated rings. The summed E-state index contributed by atoms with van der Waals surface area (Å²) in [5.74, 6) is -0.588. The number of hydrogen-bond donors (Lipinski definition) is 1. The molecule has 104 valence electrons. The number of amides is 1. The van der Waals surface area contributed by atoms with Crippen molar-refractivity contribution in [3.8, 4) is 0 Å². The summed E-state index contributed by atoms with van der Waals surface area (Å²) < 4.78 is 4.73. The van der Waals surface area contributed by atoms with Crippen LogP contribution in [0.1, 0.15) is 42.6 Å². The molecule has 0 saturated carbocycles. The number of nitrogens with one attached hydrogen (secondary N) is 1. The molecule has 0 bridgehead atoms. The maximum atomic E-state index is 12.0. The molecular weight excluding hydrogens is 242 g/mol. The molecule has 1 aromatic carbocycles. The predicted octanol–water partition coefficient (Wildman–Crippen LogP) is 3.16. The monoisotopic (exact) mass is 263 g/mol. The fourth-order valence-electron chi connectivity index (χ4n) is 1.87. The smallest absolute Gasteiger partial charge is 0.339 e. The second-order valence-corrected chi connectivity index (χ2v) is 4.72. The third-order valence-electron chi connectivity index (χ3n) is 3.01. The van der Waals surface area contributed by atoms with E-state index in [2.05, 4.69) is 5.32 Å². The number of carbonyl (C=O) groups excluding carboxylic acids is 2. The normalized spacial score (nSPS) is 11.8. The van der Waals surface area contributed by atoms with Crippen LogP contribution < -0.4 is 5.32 Å². The molecule has 0 spiro atoms. The highest BCUT2D eigenvalue weighted by molar-refractivity contribution is 6.01. The molecule has 4 nitrogen and oxygen atoms in total. The number of methoxy groups -OCH3 is 1. The van der Waals surface area contributed by atoms with Gasteiger partial charge in [-0.05, 0) is 25.5 Å². The SMILES string of the molecule is CCCC(C)C(=O)Nc1ccc(C)cc1C(=O)OC. The minimum atomic E-state index is -0.442. The summed E-state index contributed by atoms with van der Waals surface area (Å²) >= 11 is 0. The number of hydrogen-bond acceptors (Lipinski definition) is 3. The lowest BCUT2D eigenvalue weighted by atomic mass is 10.0. The van der Waals surface area contributed by atoms with Crippen molar-refractivity contribution in [1.82, 2.24) is 0 Å². The number of anilines is 1. The summed E-state index contributed by atoms with van der Waals surface area (Å²) in [6, 6.07) is 5.30. The highest BCUT2D eigenvalue weighted by atomic mass is 16.5. The minimum Gasteiger partial charge on any atom is -0.465 e. The molecule has 0 aliphatic carbocycles.